The summed E-state index contributed by atoms with van der Waals surface area (Å²) in [5.74, 6) is 0.287. The maximum atomic E-state index is 12.6. The summed E-state index contributed by atoms with van der Waals surface area (Å²) in [5.41, 5.74) is 0.465. The molecule has 0 unspecified atom stereocenters. The number of nitro benzene ring substituents is 1. The third-order valence-corrected chi connectivity index (χ3v) is 5.29. The molecule has 0 saturated carbocycles. The molecular formula is C20H27N3O5. The van der Waals surface area contributed by atoms with E-state index in [2.05, 4.69) is 0 Å². The fourth-order valence-electron chi connectivity index (χ4n) is 3.79. The van der Waals surface area contributed by atoms with Crippen LogP contribution in [0.2, 0.25) is 0 Å². The van der Waals surface area contributed by atoms with Crippen LogP contribution in [0.25, 0.3) is 0 Å². The summed E-state index contributed by atoms with van der Waals surface area (Å²) < 4.78 is 5.41. The number of fused-ring (bicyclic) bond motifs is 1. The first-order chi connectivity index (χ1) is 13.2. The Morgan fingerprint density at radius 2 is 1.96 bits per heavy atom. The lowest BCUT2D eigenvalue weighted by atomic mass is 9.93. The molecule has 8 heteroatoms. The van der Waals surface area contributed by atoms with Crippen LogP contribution in [0.15, 0.2) is 18.2 Å². The van der Waals surface area contributed by atoms with E-state index in [-0.39, 0.29) is 17.7 Å². The Kier molecular flexibility index (Phi) is 5.58. The van der Waals surface area contributed by atoms with Gasteiger partial charge >= 0.3 is 6.09 Å². The highest BCUT2D eigenvalue weighted by Gasteiger charge is 2.33. The van der Waals surface area contributed by atoms with Gasteiger partial charge in [0.05, 0.1) is 22.6 Å². The largest absolute Gasteiger partial charge is 0.444 e. The molecule has 3 rings (SSSR count). The molecule has 0 atom stereocenters. The molecule has 1 fully saturated rings. The SMILES string of the molecule is CC(C)(C)OC(=O)N1CCC(CCN2Cc3c(cccc3[N+](=O)[O-])C2=O)CC1. The predicted molar refractivity (Wildman–Crippen MR) is 103 cm³/mol. The summed E-state index contributed by atoms with van der Waals surface area (Å²) in [5, 5.41) is 11.2. The zero-order chi connectivity index (χ0) is 20.5. The van der Waals surface area contributed by atoms with E-state index in [1.54, 1.807) is 21.9 Å². The molecule has 1 aromatic carbocycles. The van der Waals surface area contributed by atoms with Crippen LogP contribution in [0.1, 0.15) is 56.0 Å². The molecule has 2 aliphatic rings. The van der Waals surface area contributed by atoms with E-state index in [1.807, 2.05) is 20.8 Å². The summed E-state index contributed by atoms with van der Waals surface area (Å²) >= 11 is 0. The number of nitrogens with zero attached hydrogens (tertiary/aromatic N) is 3. The van der Waals surface area contributed by atoms with Crippen LogP contribution in [0.4, 0.5) is 10.5 Å². The van der Waals surface area contributed by atoms with Gasteiger partial charge in [-0.05, 0) is 52.0 Å². The van der Waals surface area contributed by atoms with Crippen molar-refractivity contribution in [3.05, 3.63) is 39.4 Å². The molecule has 0 aromatic heterocycles. The Hall–Kier alpha value is -2.64. The lowest BCUT2D eigenvalue weighted by Gasteiger charge is -2.34. The zero-order valence-corrected chi connectivity index (χ0v) is 16.6. The maximum absolute atomic E-state index is 12.6. The van der Waals surface area contributed by atoms with Gasteiger partial charge in [-0.25, -0.2) is 4.79 Å². The van der Waals surface area contributed by atoms with Crippen molar-refractivity contribution in [3.8, 4) is 0 Å². The molecule has 8 nitrogen and oxygen atoms in total. The minimum Gasteiger partial charge on any atom is -0.444 e. The van der Waals surface area contributed by atoms with Gasteiger partial charge in [0.15, 0.2) is 0 Å². The van der Waals surface area contributed by atoms with E-state index in [0.29, 0.717) is 43.2 Å². The molecule has 2 amide bonds. The van der Waals surface area contributed by atoms with Crippen LogP contribution < -0.4 is 0 Å². The highest BCUT2D eigenvalue weighted by molar-refractivity contribution is 5.99. The number of likely N-dealkylation sites (tertiary alicyclic amines) is 1. The van der Waals surface area contributed by atoms with Crippen molar-refractivity contribution in [2.45, 2.75) is 52.2 Å². The molecule has 2 aliphatic heterocycles. The van der Waals surface area contributed by atoms with E-state index in [0.717, 1.165) is 19.3 Å². The average molecular weight is 389 g/mol. The first-order valence-electron chi connectivity index (χ1n) is 9.69. The topological polar surface area (TPSA) is 93.0 Å². The number of amides is 2. The first kappa shape index (κ1) is 20.1. The van der Waals surface area contributed by atoms with E-state index in [4.69, 9.17) is 4.74 Å². The van der Waals surface area contributed by atoms with Gasteiger partial charge in [0.1, 0.15) is 5.60 Å². The summed E-state index contributed by atoms with van der Waals surface area (Å²) in [4.78, 5) is 38.9. The molecule has 2 heterocycles. The Morgan fingerprint density at radius 1 is 1.29 bits per heavy atom. The third kappa shape index (κ3) is 4.43. The van der Waals surface area contributed by atoms with Crippen LogP contribution in [0.3, 0.4) is 0 Å². The molecule has 1 aromatic rings. The number of ether oxygens (including phenoxy) is 1. The number of piperidine rings is 1. The van der Waals surface area contributed by atoms with Gasteiger partial charge in [-0.15, -0.1) is 0 Å². The Labute approximate surface area is 164 Å². The van der Waals surface area contributed by atoms with Gasteiger partial charge in [-0.2, -0.15) is 0 Å². The molecule has 0 aliphatic carbocycles. The summed E-state index contributed by atoms with van der Waals surface area (Å²) in [6, 6.07) is 4.66. The number of carbonyl (C=O) groups is 2. The Balaban J connectivity index is 1.50. The van der Waals surface area contributed by atoms with Crippen molar-refractivity contribution in [2.24, 2.45) is 5.92 Å². The van der Waals surface area contributed by atoms with Crippen molar-refractivity contribution in [1.82, 2.24) is 9.80 Å². The predicted octanol–water partition coefficient (Wildman–Crippen LogP) is 3.59. The zero-order valence-electron chi connectivity index (χ0n) is 16.6. The summed E-state index contributed by atoms with van der Waals surface area (Å²) in [7, 11) is 0. The van der Waals surface area contributed by atoms with Crippen molar-refractivity contribution in [1.29, 1.82) is 0 Å². The summed E-state index contributed by atoms with van der Waals surface area (Å²) in [6.45, 7) is 7.73. The van der Waals surface area contributed by atoms with Gasteiger partial charge < -0.3 is 14.5 Å². The fourth-order valence-corrected chi connectivity index (χ4v) is 3.79. The molecule has 0 N–H and O–H groups in total. The highest BCUT2D eigenvalue weighted by Crippen LogP contribution is 2.31. The molecule has 0 spiro atoms. The lowest BCUT2D eigenvalue weighted by Crippen LogP contribution is -2.42. The number of hydrogen-bond donors (Lipinski definition) is 0. The van der Waals surface area contributed by atoms with E-state index >= 15 is 0 Å². The van der Waals surface area contributed by atoms with E-state index in [9.17, 15) is 19.7 Å². The second-order valence-corrected chi connectivity index (χ2v) is 8.49. The van der Waals surface area contributed by atoms with Gasteiger partial charge in [0.2, 0.25) is 0 Å². The minimum absolute atomic E-state index is 0.0130. The maximum Gasteiger partial charge on any atom is 0.410 e. The standard InChI is InChI=1S/C20H27N3O5/c1-20(2,3)28-19(25)21-10-7-14(8-11-21)9-12-22-13-16-15(18(22)24)5-4-6-17(16)23(26)27/h4-6,14H,7-13H2,1-3H3. The Bertz CT molecular complexity index is 779. The average Bonchev–Trinajstić information content (AvgIpc) is 2.95. The second-order valence-electron chi connectivity index (χ2n) is 8.49. The Morgan fingerprint density at radius 3 is 2.57 bits per heavy atom. The number of nitro groups is 1. The molecule has 0 radical (unpaired) electrons. The number of carbonyl (C=O) groups excluding carboxylic acids is 2. The second kappa shape index (κ2) is 7.77. The van der Waals surface area contributed by atoms with Crippen LogP contribution in [0.5, 0.6) is 0 Å². The molecule has 28 heavy (non-hydrogen) atoms. The monoisotopic (exact) mass is 389 g/mol. The molecule has 1 saturated heterocycles. The quantitative estimate of drug-likeness (QED) is 0.579. The number of rotatable bonds is 4. The molecule has 0 bridgehead atoms. The minimum atomic E-state index is -0.498. The smallest absolute Gasteiger partial charge is 0.410 e. The van der Waals surface area contributed by atoms with Crippen LogP contribution >= 0.6 is 0 Å². The summed E-state index contributed by atoms with van der Waals surface area (Å²) in [6.07, 6.45) is 2.29. The number of benzene rings is 1. The van der Waals surface area contributed by atoms with Gasteiger partial charge in [-0.1, -0.05) is 6.07 Å². The highest BCUT2D eigenvalue weighted by atomic mass is 16.6. The van der Waals surface area contributed by atoms with Crippen LogP contribution in [-0.4, -0.2) is 52.0 Å². The fraction of sp³-hybridized carbons (Fsp3) is 0.600. The van der Waals surface area contributed by atoms with Gasteiger partial charge in [0.25, 0.3) is 11.6 Å². The van der Waals surface area contributed by atoms with E-state index in [1.165, 1.54) is 6.07 Å². The van der Waals surface area contributed by atoms with Crippen LogP contribution in [-0.2, 0) is 11.3 Å². The third-order valence-electron chi connectivity index (χ3n) is 5.29. The normalized spacial score (nSPS) is 17.6. The van der Waals surface area contributed by atoms with E-state index < -0.39 is 10.5 Å². The van der Waals surface area contributed by atoms with Gasteiger partial charge in [0, 0.05) is 25.7 Å². The first-order valence-corrected chi connectivity index (χ1v) is 9.69. The van der Waals surface area contributed by atoms with Crippen molar-refractivity contribution >= 4 is 17.7 Å². The molecular weight excluding hydrogens is 362 g/mol. The van der Waals surface area contributed by atoms with Crippen molar-refractivity contribution < 1.29 is 19.2 Å². The van der Waals surface area contributed by atoms with Gasteiger partial charge in [-0.3, -0.25) is 14.9 Å². The molecule has 152 valence electrons. The number of hydrogen-bond acceptors (Lipinski definition) is 5. The van der Waals surface area contributed by atoms with Crippen molar-refractivity contribution in [2.75, 3.05) is 19.6 Å². The lowest BCUT2D eigenvalue weighted by molar-refractivity contribution is -0.385. The van der Waals surface area contributed by atoms with Crippen LogP contribution in [0, 0.1) is 16.0 Å². The van der Waals surface area contributed by atoms with Crippen molar-refractivity contribution in [3.63, 3.8) is 0 Å².